The highest BCUT2D eigenvalue weighted by atomic mass is 16.6. The quantitative estimate of drug-likeness (QED) is 0.0951. The summed E-state index contributed by atoms with van der Waals surface area (Å²) in [6.45, 7) is 3.45. The van der Waals surface area contributed by atoms with Gasteiger partial charge in [-0.2, -0.15) is 0 Å². The lowest BCUT2D eigenvalue weighted by Crippen LogP contribution is -2.62. The fourth-order valence-corrected chi connectivity index (χ4v) is 9.03. The number of cyclic esters (lactones) is 1. The number of benzene rings is 2. The molecule has 5 N–H and O–H groups in total. The fourth-order valence-electron chi connectivity index (χ4n) is 9.03. The highest BCUT2D eigenvalue weighted by Gasteiger charge is 2.59. The maximum atomic E-state index is 14.3. The second kappa shape index (κ2) is 13.9. The van der Waals surface area contributed by atoms with Crippen LogP contribution in [0.25, 0.3) is 0 Å². The number of carbonyl (C=O) groups excluding carboxylic acids is 3. The highest BCUT2D eigenvalue weighted by Crippen LogP contribution is 2.56. The highest BCUT2D eigenvalue weighted by molar-refractivity contribution is 5.89. The summed E-state index contributed by atoms with van der Waals surface area (Å²) in [6.07, 6.45) is 6.07. The summed E-state index contributed by atoms with van der Waals surface area (Å²) in [4.78, 5) is 39.8. The van der Waals surface area contributed by atoms with Gasteiger partial charge in [-0.1, -0.05) is 36.1 Å². The van der Waals surface area contributed by atoms with Crippen molar-refractivity contribution in [1.29, 1.82) is 0 Å². The molecule has 10 heteroatoms. The maximum absolute atomic E-state index is 14.3. The van der Waals surface area contributed by atoms with Crippen LogP contribution in [0.5, 0.6) is 11.5 Å². The Balaban J connectivity index is 1.34. The number of esters is 2. The summed E-state index contributed by atoms with van der Waals surface area (Å²) in [5.41, 5.74) is 1.91. The number of hydrogen-bond donors (Lipinski definition) is 5. The first kappa shape index (κ1) is 35.0. The molecule has 2 fully saturated rings. The molecule has 2 aliphatic heterocycles. The van der Waals surface area contributed by atoms with Gasteiger partial charge < -0.3 is 35.2 Å². The molecule has 0 spiro atoms. The number of carbonyl (C=O) groups is 3. The smallest absolute Gasteiger partial charge is 0.334 e. The number of nitrogens with one attached hydrogen (secondary N) is 1. The fraction of sp³-hybridized carbons (Fsp3) is 0.488. The Kier molecular flexibility index (Phi) is 9.57. The van der Waals surface area contributed by atoms with Gasteiger partial charge in [-0.3, -0.25) is 9.59 Å². The van der Waals surface area contributed by atoms with E-state index in [1.54, 1.807) is 32.1 Å². The van der Waals surface area contributed by atoms with E-state index in [2.05, 4.69) is 23.2 Å². The third-order valence-electron chi connectivity index (χ3n) is 11.5. The van der Waals surface area contributed by atoms with Crippen molar-refractivity contribution in [3.05, 3.63) is 76.4 Å². The van der Waals surface area contributed by atoms with E-state index in [-0.39, 0.29) is 73.4 Å². The van der Waals surface area contributed by atoms with Crippen LogP contribution in [0, 0.1) is 35.5 Å². The van der Waals surface area contributed by atoms with Gasteiger partial charge in [0, 0.05) is 60.5 Å². The molecule has 3 aliphatic carbocycles. The van der Waals surface area contributed by atoms with E-state index in [1.807, 2.05) is 18.2 Å². The predicted octanol–water partition coefficient (Wildman–Crippen LogP) is 4.58. The van der Waals surface area contributed by atoms with E-state index in [9.17, 15) is 34.8 Å². The van der Waals surface area contributed by atoms with Crippen LogP contribution < -0.4 is 10.1 Å². The standard InChI is InChI=1S/C41H45NO9/c1-3-24-12-26(29-10-23(21-43)11-31(13-29)42-20-22(2)44)5-6-27-17-38(47)50-36-19-35(46)30(15-33(27)36)16-37(51-40(24)48)41(49)9-8-25-4-7-28-14-32(45)18-34(25)39(28)41/h3-4,7,10-11,13,15,19,22,25-28,34,37,39,42-44,46,49H,8-9,12,14,16-18,20-21H2,1-2H3/b24-3-/t22-,25+,26-,27-,28+,34+,37+,39+,41+/m0/s1. The van der Waals surface area contributed by atoms with Crippen molar-refractivity contribution in [1.82, 2.24) is 0 Å². The number of aliphatic hydroxyl groups excluding tert-OH is 2. The normalized spacial score (nSPS) is 32.7. The molecule has 268 valence electrons. The summed E-state index contributed by atoms with van der Waals surface area (Å²) in [7, 11) is 0. The minimum absolute atomic E-state index is 0.00495. The van der Waals surface area contributed by atoms with Crippen molar-refractivity contribution in [2.24, 2.45) is 23.7 Å². The van der Waals surface area contributed by atoms with Crippen molar-refractivity contribution < 1.29 is 44.3 Å². The Morgan fingerprint density at radius 3 is 2.55 bits per heavy atom. The van der Waals surface area contributed by atoms with Gasteiger partial charge in [0.25, 0.3) is 0 Å². The third-order valence-corrected chi connectivity index (χ3v) is 11.5. The lowest BCUT2D eigenvalue weighted by atomic mass is 9.51. The summed E-state index contributed by atoms with van der Waals surface area (Å²) >= 11 is 0. The van der Waals surface area contributed by atoms with Gasteiger partial charge in [-0.05, 0) is 85.8 Å². The molecule has 0 aromatic heterocycles. The van der Waals surface area contributed by atoms with E-state index in [0.29, 0.717) is 59.2 Å². The zero-order valence-electron chi connectivity index (χ0n) is 28.9. The number of phenolic OH excluding ortho intramolecular Hbond substituents is 1. The van der Waals surface area contributed by atoms with Crippen LogP contribution in [0.15, 0.2) is 54.1 Å². The average molecular weight is 696 g/mol. The Hall–Kier alpha value is -4.43. The number of anilines is 1. The van der Waals surface area contributed by atoms with Crippen LogP contribution in [0.3, 0.4) is 0 Å². The lowest BCUT2D eigenvalue weighted by molar-refractivity contribution is -0.199. The average Bonchev–Trinajstić information content (AvgIpc) is 3.09. The van der Waals surface area contributed by atoms with E-state index in [1.165, 1.54) is 6.07 Å². The molecule has 2 aromatic carbocycles. The van der Waals surface area contributed by atoms with Crippen LogP contribution in [-0.4, -0.2) is 62.5 Å². The third kappa shape index (κ3) is 6.83. The van der Waals surface area contributed by atoms with Crippen LogP contribution in [0.4, 0.5) is 5.69 Å². The molecule has 0 radical (unpaired) electrons. The van der Waals surface area contributed by atoms with E-state index < -0.39 is 41.6 Å². The lowest BCUT2D eigenvalue weighted by Gasteiger charge is -2.56. The summed E-state index contributed by atoms with van der Waals surface area (Å²) < 4.78 is 11.9. The van der Waals surface area contributed by atoms with Crippen molar-refractivity contribution in [2.75, 3.05) is 11.9 Å². The zero-order chi connectivity index (χ0) is 36.0. The molecule has 7 rings (SSSR count). The van der Waals surface area contributed by atoms with Crippen LogP contribution >= 0.6 is 0 Å². The van der Waals surface area contributed by atoms with Gasteiger partial charge in [-0.25, -0.2) is 4.79 Å². The van der Waals surface area contributed by atoms with Crippen LogP contribution in [0.1, 0.15) is 86.5 Å². The first-order valence-electron chi connectivity index (χ1n) is 18.0. The Morgan fingerprint density at radius 1 is 1.00 bits per heavy atom. The van der Waals surface area contributed by atoms with Crippen LogP contribution in [0.2, 0.25) is 0 Å². The number of hydrogen-bond acceptors (Lipinski definition) is 10. The first-order chi connectivity index (χ1) is 24.4. The largest absolute Gasteiger partial charge is 0.508 e. The summed E-state index contributed by atoms with van der Waals surface area (Å²) in [6, 6.07) is 8.62. The molecule has 5 aliphatic rings. The summed E-state index contributed by atoms with van der Waals surface area (Å²) in [5, 5.41) is 47.3. The molecule has 6 bridgehead atoms. The number of rotatable bonds is 6. The maximum Gasteiger partial charge on any atom is 0.334 e. The first-order valence-corrected chi connectivity index (χ1v) is 18.0. The molecule has 0 unspecified atom stereocenters. The van der Waals surface area contributed by atoms with E-state index in [0.717, 1.165) is 0 Å². The number of ketones is 1. The number of fused-ring (bicyclic) bond motifs is 1. The number of ether oxygens (including phenoxy) is 2. The number of aromatic hydroxyl groups is 1. The molecule has 2 aromatic rings. The molecule has 10 nitrogen and oxygen atoms in total. The molecule has 2 saturated carbocycles. The summed E-state index contributed by atoms with van der Waals surface area (Å²) in [5.74, 6) is 4.21. The topological polar surface area (TPSA) is 163 Å². The second-order valence-electron chi connectivity index (χ2n) is 14.9. The number of allylic oxidation sites excluding steroid dienone is 3. The zero-order valence-corrected chi connectivity index (χ0v) is 28.9. The van der Waals surface area contributed by atoms with Gasteiger partial charge in [-0.15, -0.1) is 0 Å². The van der Waals surface area contributed by atoms with Crippen molar-refractivity contribution in [2.45, 2.75) is 95.0 Å². The Labute approximate surface area is 297 Å². The van der Waals surface area contributed by atoms with Crippen molar-refractivity contribution in [3.8, 4) is 23.3 Å². The van der Waals surface area contributed by atoms with Gasteiger partial charge >= 0.3 is 11.9 Å². The molecule has 0 amide bonds. The molecule has 2 heterocycles. The number of aliphatic hydroxyl groups is 3. The number of phenols is 1. The van der Waals surface area contributed by atoms with Gasteiger partial charge in [0.05, 0.1) is 25.0 Å². The monoisotopic (exact) mass is 695 g/mol. The van der Waals surface area contributed by atoms with Crippen molar-refractivity contribution >= 4 is 23.4 Å². The number of Topliss-reactive ketones (excluding diaryl/α,β-unsaturated/α-hetero) is 1. The molecule has 51 heavy (non-hydrogen) atoms. The molecular formula is C41H45NO9. The second-order valence-corrected chi connectivity index (χ2v) is 14.9. The molecule has 9 atom stereocenters. The minimum Gasteiger partial charge on any atom is -0.508 e. The molecule has 0 saturated heterocycles. The van der Waals surface area contributed by atoms with E-state index in [4.69, 9.17) is 9.47 Å². The predicted molar refractivity (Wildman–Crippen MR) is 188 cm³/mol. The SMILES string of the molecule is C/C=C1/C[C@@H](c2cc(CO)cc(NC[C@H](C)O)c2)C#C[C@H]2CC(=O)Oc3cc(O)c(cc32)C[C@H]([C@]2(O)CC[C@H]3C=C[C@@H]4CC(=O)C[C@H]3[C@@H]42)OC1=O. The van der Waals surface area contributed by atoms with E-state index >= 15 is 0 Å². The van der Waals surface area contributed by atoms with Gasteiger partial charge in [0.1, 0.15) is 29.0 Å². The minimum atomic E-state index is -1.48. The van der Waals surface area contributed by atoms with Crippen molar-refractivity contribution in [3.63, 3.8) is 0 Å². The molecular weight excluding hydrogens is 650 g/mol. The Morgan fingerprint density at radius 2 is 1.78 bits per heavy atom. The Bertz CT molecular complexity index is 1870. The van der Waals surface area contributed by atoms with Crippen LogP contribution in [-0.2, 0) is 32.1 Å². The van der Waals surface area contributed by atoms with Gasteiger partial charge in [0.2, 0.25) is 0 Å². The van der Waals surface area contributed by atoms with Gasteiger partial charge in [0.15, 0.2) is 0 Å².